The predicted molar refractivity (Wildman–Crippen MR) is 53.6 cm³/mol. The number of halogens is 4. The van der Waals surface area contributed by atoms with Crippen molar-refractivity contribution in [2.75, 3.05) is 0 Å². The summed E-state index contributed by atoms with van der Waals surface area (Å²) in [5.41, 5.74) is -0.920. The van der Waals surface area contributed by atoms with Crippen molar-refractivity contribution in [3.63, 3.8) is 0 Å². The molecule has 0 bridgehead atoms. The maximum absolute atomic E-state index is 5.61. The Bertz CT molecular complexity index is 79.3. The zero-order valence-corrected chi connectivity index (χ0v) is 8.68. The van der Waals surface area contributed by atoms with Crippen LogP contribution in [-0.2, 0) is 0 Å². The van der Waals surface area contributed by atoms with Crippen LogP contribution in [0.5, 0.6) is 0 Å². The molecule has 6 heteroatoms. The van der Waals surface area contributed by atoms with Crippen LogP contribution in [0, 0.1) is 0 Å². The molecule has 0 aliphatic carbocycles. The minimum Gasteiger partial charge on any atom is -0.172 e. The van der Waals surface area contributed by atoms with Crippen molar-refractivity contribution in [1.82, 2.24) is 0 Å². The van der Waals surface area contributed by atoms with Gasteiger partial charge in [0.25, 0.3) is 0 Å². The molecule has 0 spiro atoms. The predicted octanol–water partition coefficient (Wildman–Crippen LogP) is 3.63. The van der Waals surface area contributed by atoms with E-state index in [0.29, 0.717) is 0 Å². The van der Waals surface area contributed by atoms with E-state index in [4.69, 9.17) is 45.8 Å². The minimum atomic E-state index is -0.458. The third-order valence-electron chi connectivity index (χ3n) is 1.27. The minimum absolute atomic E-state index is 0.00309. The molecule has 58 valence electrons. The molecule has 0 heterocycles. The second kappa shape index (κ2) is 5.88. The lowest BCUT2D eigenvalue weighted by molar-refractivity contribution is 0.845. The lowest BCUT2D eigenvalue weighted by Gasteiger charge is -2.12. The fourth-order valence-electron chi connectivity index (χ4n) is 0.695. The van der Waals surface area contributed by atoms with Crippen molar-refractivity contribution in [3.05, 3.63) is 0 Å². The summed E-state index contributed by atoms with van der Waals surface area (Å²) in [6.07, 6.45) is 1.87. The molecule has 0 saturated carbocycles. The first-order valence-electron chi connectivity index (χ1n) is 3.15. The molecular formula is C4H8B2Cl4. The van der Waals surface area contributed by atoms with Crippen LogP contribution in [-0.4, -0.2) is 11.1 Å². The summed E-state index contributed by atoms with van der Waals surface area (Å²) in [7, 11) is 0. The molecule has 0 aliphatic rings. The number of hydrogen-bond donors (Lipinski definition) is 0. The van der Waals surface area contributed by atoms with E-state index in [-0.39, 0.29) is 5.72 Å². The van der Waals surface area contributed by atoms with Gasteiger partial charge in [-0.05, 0) is 5.72 Å². The van der Waals surface area contributed by atoms with Gasteiger partial charge in [0.2, 0.25) is 0 Å². The van der Waals surface area contributed by atoms with E-state index in [1.165, 1.54) is 0 Å². The van der Waals surface area contributed by atoms with Gasteiger partial charge >= 0.3 is 11.1 Å². The Morgan fingerprint density at radius 2 is 1.50 bits per heavy atom. The molecule has 0 aliphatic heterocycles. The molecule has 0 amide bonds. The van der Waals surface area contributed by atoms with Crippen molar-refractivity contribution >= 4 is 56.9 Å². The first-order chi connectivity index (χ1) is 4.59. The van der Waals surface area contributed by atoms with Crippen LogP contribution in [0.25, 0.3) is 0 Å². The number of hydrogen-bond acceptors (Lipinski definition) is 0. The molecule has 10 heavy (non-hydrogen) atoms. The third kappa shape index (κ3) is 4.23. The summed E-state index contributed by atoms with van der Waals surface area (Å²) in [4.78, 5) is 0. The second-order valence-corrected chi connectivity index (χ2v) is 4.45. The average Bonchev–Trinajstić information content (AvgIpc) is 1.81. The quantitative estimate of drug-likeness (QED) is 0.634. The zero-order valence-electron chi connectivity index (χ0n) is 5.66. The van der Waals surface area contributed by atoms with Crippen LogP contribution >= 0.6 is 45.8 Å². The smallest absolute Gasteiger partial charge is 0.172 e. The first kappa shape index (κ1) is 11.3. The summed E-state index contributed by atoms with van der Waals surface area (Å²) in [5, 5.41) is 0. The van der Waals surface area contributed by atoms with E-state index in [0.717, 1.165) is 12.8 Å². The SMILES string of the molecule is CCCC(B(Cl)Cl)B(Cl)Cl. The molecule has 0 fully saturated rings. The lowest BCUT2D eigenvalue weighted by Crippen LogP contribution is -2.17. The van der Waals surface area contributed by atoms with E-state index < -0.39 is 11.1 Å². The van der Waals surface area contributed by atoms with E-state index in [9.17, 15) is 0 Å². The zero-order chi connectivity index (χ0) is 8.15. The van der Waals surface area contributed by atoms with Gasteiger partial charge in [0.15, 0.2) is 0 Å². The molecule has 0 saturated heterocycles. The molecule has 0 aromatic carbocycles. The van der Waals surface area contributed by atoms with Gasteiger partial charge in [-0.25, -0.2) is 0 Å². The van der Waals surface area contributed by atoms with Crippen LogP contribution in [0.4, 0.5) is 0 Å². The van der Waals surface area contributed by atoms with Gasteiger partial charge in [-0.1, -0.05) is 19.8 Å². The first-order valence-corrected chi connectivity index (χ1v) is 4.90. The second-order valence-electron chi connectivity index (χ2n) is 2.12. The van der Waals surface area contributed by atoms with Gasteiger partial charge in [-0.3, -0.25) is 0 Å². The fourth-order valence-corrected chi connectivity index (χ4v) is 2.08. The molecule has 0 aromatic rings. The van der Waals surface area contributed by atoms with Gasteiger partial charge in [-0.15, -0.1) is 0 Å². The fraction of sp³-hybridized carbons (Fsp3) is 1.00. The molecule has 0 atom stereocenters. The molecule has 0 nitrogen and oxygen atoms in total. The maximum Gasteiger partial charge on any atom is 0.350 e. The van der Waals surface area contributed by atoms with Gasteiger partial charge in [0, 0.05) is 0 Å². The lowest BCUT2D eigenvalue weighted by atomic mass is 9.64. The standard InChI is InChI=1S/C4H8B2Cl4/c1-2-3-4(5(7)8)6(9)10/h4H,2-3H2,1H3. The highest BCUT2D eigenvalue weighted by molar-refractivity contribution is 7.45. The third-order valence-corrected chi connectivity index (χ3v) is 2.56. The normalized spacial score (nSPS) is 10.2. The Hall–Kier alpha value is 1.29. The van der Waals surface area contributed by atoms with E-state index in [1.54, 1.807) is 0 Å². The van der Waals surface area contributed by atoms with Crippen molar-refractivity contribution in [2.24, 2.45) is 0 Å². The van der Waals surface area contributed by atoms with Crippen LogP contribution < -0.4 is 0 Å². The van der Waals surface area contributed by atoms with Gasteiger partial charge in [0.1, 0.15) is 0 Å². The van der Waals surface area contributed by atoms with Crippen LogP contribution in [0.3, 0.4) is 0 Å². The summed E-state index contributed by atoms with van der Waals surface area (Å²) in [6.45, 7) is 2.04. The highest BCUT2D eigenvalue weighted by atomic mass is 35.5. The molecule has 0 rings (SSSR count). The van der Waals surface area contributed by atoms with Crippen molar-refractivity contribution in [3.8, 4) is 0 Å². The van der Waals surface area contributed by atoms with Gasteiger partial charge in [0.05, 0.1) is 0 Å². The Morgan fingerprint density at radius 1 is 1.10 bits per heavy atom. The van der Waals surface area contributed by atoms with Crippen LogP contribution in [0.15, 0.2) is 0 Å². The molecule has 0 radical (unpaired) electrons. The van der Waals surface area contributed by atoms with E-state index in [2.05, 4.69) is 0 Å². The van der Waals surface area contributed by atoms with Crippen molar-refractivity contribution in [1.29, 1.82) is 0 Å². The highest BCUT2D eigenvalue weighted by Crippen LogP contribution is 2.29. The number of rotatable bonds is 4. The van der Waals surface area contributed by atoms with E-state index >= 15 is 0 Å². The summed E-state index contributed by atoms with van der Waals surface area (Å²) in [6, 6.07) is 0. The molecular weight excluding hydrogens is 211 g/mol. The highest BCUT2D eigenvalue weighted by Gasteiger charge is 2.30. The monoisotopic (exact) mass is 218 g/mol. The Morgan fingerprint density at radius 3 is 1.60 bits per heavy atom. The maximum atomic E-state index is 5.61. The van der Waals surface area contributed by atoms with Crippen LogP contribution in [0.2, 0.25) is 5.72 Å². The van der Waals surface area contributed by atoms with E-state index in [1.807, 2.05) is 6.92 Å². The Labute approximate surface area is 82.4 Å². The Balaban J connectivity index is 3.73. The Kier molecular flexibility index (Phi) is 6.64. The topological polar surface area (TPSA) is 0 Å². The van der Waals surface area contributed by atoms with Crippen LogP contribution in [0.1, 0.15) is 19.8 Å². The van der Waals surface area contributed by atoms with Gasteiger partial charge in [-0.2, -0.15) is 45.8 Å². The van der Waals surface area contributed by atoms with Gasteiger partial charge < -0.3 is 0 Å². The molecule has 0 N–H and O–H groups in total. The van der Waals surface area contributed by atoms with Crippen molar-refractivity contribution in [2.45, 2.75) is 25.5 Å². The van der Waals surface area contributed by atoms with Crippen molar-refractivity contribution < 1.29 is 0 Å². The molecule has 0 aromatic heterocycles. The molecule has 0 unspecified atom stereocenters. The summed E-state index contributed by atoms with van der Waals surface area (Å²) >= 11 is 22.5. The average molecular weight is 220 g/mol. The summed E-state index contributed by atoms with van der Waals surface area (Å²) in [5.74, 6) is 0. The summed E-state index contributed by atoms with van der Waals surface area (Å²) < 4.78 is 0. The largest absolute Gasteiger partial charge is 0.350 e.